The Balaban J connectivity index is 1.87. The molecule has 0 fully saturated rings. The molecule has 0 radical (unpaired) electrons. The third-order valence-corrected chi connectivity index (χ3v) is 4.97. The number of nitrogens with zero attached hydrogens (tertiary/aromatic N) is 4. The number of aromatic nitrogens is 4. The van der Waals surface area contributed by atoms with Crippen molar-refractivity contribution in [2.75, 3.05) is 0 Å². The molecule has 0 aliphatic heterocycles. The average molecular weight is 329 g/mol. The molecule has 2 aromatic heterocycles. The van der Waals surface area contributed by atoms with Crippen molar-refractivity contribution in [1.82, 2.24) is 15.0 Å². The molecule has 0 amide bonds. The van der Waals surface area contributed by atoms with E-state index in [0.717, 1.165) is 17.8 Å². The maximum Gasteiger partial charge on any atom is 0.287 e. The Bertz CT molecular complexity index is 1000. The highest BCUT2D eigenvalue weighted by Crippen LogP contribution is 2.35. The van der Waals surface area contributed by atoms with Gasteiger partial charge in [-0.05, 0) is 60.7 Å². The minimum atomic E-state index is 0.843. The first kappa shape index (κ1) is 15.6. The Kier molecular flexibility index (Phi) is 3.68. The second-order valence-electron chi connectivity index (χ2n) is 6.76. The Morgan fingerprint density at radius 1 is 1.08 bits per heavy atom. The van der Waals surface area contributed by atoms with E-state index in [9.17, 15) is 0 Å². The lowest BCUT2D eigenvalue weighted by molar-refractivity contribution is -0.663. The second-order valence-corrected chi connectivity index (χ2v) is 6.76. The molecule has 1 aliphatic carbocycles. The van der Waals surface area contributed by atoms with Gasteiger partial charge in [0.2, 0.25) is 0 Å². The fourth-order valence-corrected chi connectivity index (χ4v) is 3.61. The van der Waals surface area contributed by atoms with Crippen LogP contribution in [0.4, 0.5) is 0 Å². The Hall–Kier alpha value is -2.88. The van der Waals surface area contributed by atoms with Crippen molar-refractivity contribution in [2.45, 2.75) is 27.2 Å². The van der Waals surface area contributed by atoms with Gasteiger partial charge in [0.15, 0.2) is 5.69 Å². The number of allylic oxidation sites excluding steroid dienone is 1. The summed E-state index contributed by atoms with van der Waals surface area (Å²) in [5.41, 5.74) is 10.9. The van der Waals surface area contributed by atoms with Crippen molar-refractivity contribution in [1.29, 1.82) is 0 Å². The van der Waals surface area contributed by atoms with Crippen LogP contribution in [0.5, 0.6) is 0 Å². The molecule has 1 aliphatic rings. The van der Waals surface area contributed by atoms with Gasteiger partial charge in [0.1, 0.15) is 12.0 Å². The van der Waals surface area contributed by atoms with E-state index in [1.807, 2.05) is 12.4 Å². The Morgan fingerprint density at radius 2 is 1.92 bits per heavy atom. The molecular weight excluding hydrogens is 308 g/mol. The lowest BCUT2D eigenvalue weighted by atomic mass is 9.94. The average Bonchev–Trinajstić information content (AvgIpc) is 3.03. The van der Waals surface area contributed by atoms with Crippen LogP contribution in [0.15, 0.2) is 37.1 Å². The predicted octanol–water partition coefficient (Wildman–Crippen LogP) is 3.39. The van der Waals surface area contributed by atoms with E-state index in [1.165, 1.54) is 39.1 Å². The Morgan fingerprint density at radius 3 is 2.68 bits per heavy atom. The molecule has 0 spiro atoms. The van der Waals surface area contributed by atoms with Gasteiger partial charge in [0.05, 0.1) is 18.3 Å². The van der Waals surface area contributed by atoms with Crippen LogP contribution >= 0.6 is 0 Å². The zero-order valence-corrected chi connectivity index (χ0v) is 15.0. The van der Waals surface area contributed by atoms with Gasteiger partial charge in [0.25, 0.3) is 6.33 Å². The molecule has 0 saturated heterocycles. The molecule has 4 rings (SSSR count). The van der Waals surface area contributed by atoms with E-state index in [-0.39, 0.29) is 0 Å². The first-order valence-electron chi connectivity index (χ1n) is 8.47. The third kappa shape index (κ3) is 2.64. The van der Waals surface area contributed by atoms with E-state index in [1.54, 1.807) is 12.5 Å². The maximum atomic E-state index is 4.64. The van der Waals surface area contributed by atoms with Gasteiger partial charge in [-0.1, -0.05) is 11.6 Å². The molecule has 1 aromatic carbocycles. The number of rotatable bonds is 2. The highest BCUT2D eigenvalue weighted by atomic mass is 15.0. The summed E-state index contributed by atoms with van der Waals surface area (Å²) < 4.78 is 2.14. The molecule has 3 aromatic rings. The second kappa shape index (κ2) is 5.88. The molecule has 0 N–H and O–H groups in total. The van der Waals surface area contributed by atoms with Crippen LogP contribution in [0.1, 0.15) is 33.6 Å². The quantitative estimate of drug-likeness (QED) is 0.677. The number of hydrogen-bond donors (Lipinski definition) is 0. The van der Waals surface area contributed by atoms with E-state index >= 15 is 0 Å². The summed E-state index contributed by atoms with van der Waals surface area (Å²) >= 11 is 0. The molecule has 124 valence electrons. The van der Waals surface area contributed by atoms with Crippen molar-refractivity contribution in [3.8, 4) is 11.3 Å². The van der Waals surface area contributed by atoms with Crippen LogP contribution in [-0.2, 0) is 13.5 Å². The topological polar surface area (TPSA) is 42.5 Å². The van der Waals surface area contributed by atoms with Gasteiger partial charge >= 0.3 is 0 Å². The summed E-state index contributed by atoms with van der Waals surface area (Å²) in [5.74, 6) is 0. The van der Waals surface area contributed by atoms with Crippen molar-refractivity contribution >= 4 is 11.6 Å². The summed E-state index contributed by atoms with van der Waals surface area (Å²) in [6.07, 6.45) is 8.29. The van der Waals surface area contributed by atoms with Crippen molar-refractivity contribution < 1.29 is 4.57 Å². The third-order valence-electron chi connectivity index (χ3n) is 4.97. The van der Waals surface area contributed by atoms with E-state index in [4.69, 9.17) is 0 Å². The van der Waals surface area contributed by atoms with Crippen molar-refractivity contribution in [2.24, 2.45) is 7.05 Å². The minimum absolute atomic E-state index is 0.843. The molecule has 0 bridgehead atoms. The standard InChI is InChI=1S/C21H21N4/c1-13-7-14(2)15(3)17(8-13)21-18-9-16(19-5-6-22-11-23-19)10-20(18)24-12-25(21)4/h5-8,10-12H,9H2,1-4H3/q+1. The normalized spacial score (nSPS) is 12.9. The van der Waals surface area contributed by atoms with E-state index in [2.05, 4.69) is 65.5 Å². The molecular formula is C21H21N4+. The van der Waals surface area contributed by atoms with Gasteiger partial charge in [-0.15, -0.1) is 0 Å². The van der Waals surface area contributed by atoms with Crippen LogP contribution < -0.4 is 4.57 Å². The van der Waals surface area contributed by atoms with Crippen molar-refractivity contribution in [3.63, 3.8) is 0 Å². The highest BCUT2D eigenvalue weighted by Gasteiger charge is 2.28. The molecule has 0 saturated carbocycles. The lowest BCUT2D eigenvalue weighted by Gasteiger charge is -2.13. The van der Waals surface area contributed by atoms with Gasteiger partial charge in [-0.2, -0.15) is 0 Å². The van der Waals surface area contributed by atoms with Crippen LogP contribution in [0, 0.1) is 20.8 Å². The maximum absolute atomic E-state index is 4.64. The van der Waals surface area contributed by atoms with Crippen LogP contribution in [0.3, 0.4) is 0 Å². The highest BCUT2D eigenvalue weighted by molar-refractivity contribution is 5.88. The number of benzene rings is 1. The monoisotopic (exact) mass is 329 g/mol. The number of aryl methyl sites for hydroxylation is 3. The first-order chi connectivity index (χ1) is 12.0. The van der Waals surface area contributed by atoms with Crippen LogP contribution in [0.2, 0.25) is 0 Å². The molecule has 25 heavy (non-hydrogen) atoms. The van der Waals surface area contributed by atoms with Crippen LogP contribution in [-0.4, -0.2) is 15.0 Å². The van der Waals surface area contributed by atoms with Gasteiger partial charge < -0.3 is 0 Å². The summed E-state index contributed by atoms with van der Waals surface area (Å²) in [4.78, 5) is 13.1. The largest absolute Gasteiger partial charge is 0.287 e. The van der Waals surface area contributed by atoms with E-state index in [0.29, 0.717) is 0 Å². The Labute approximate surface area is 147 Å². The molecule has 4 nitrogen and oxygen atoms in total. The van der Waals surface area contributed by atoms with Crippen molar-refractivity contribution in [3.05, 3.63) is 70.7 Å². The summed E-state index contributed by atoms with van der Waals surface area (Å²) in [5, 5.41) is 0. The summed E-state index contributed by atoms with van der Waals surface area (Å²) in [6.45, 7) is 6.53. The smallest absolute Gasteiger partial charge is 0.245 e. The molecule has 0 atom stereocenters. The fourth-order valence-electron chi connectivity index (χ4n) is 3.61. The van der Waals surface area contributed by atoms with Gasteiger partial charge in [0, 0.05) is 18.2 Å². The first-order valence-corrected chi connectivity index (χ1v) is 8.47. The predicted molar refractivity (Wildman–Crippen MR) is 98.7 cm³/mol. The fraction of sp³-hybridized carbons (Fsp3) is 0.238. The minimum Gasteiger partial charge on any atom is -0.245 e. The molecule has 2 heterocycles. The SMILES string of the molecule is Cc1cc(C)c(C)c(-c2c3c(nc[n+]2C)C=C(c2ccncn2)C3)c1. The lowest BCUT2D eigenvalue weighted by Crippen LogP contribution is -2.33. The van der Waals surface area contributed by atoms with Gasteiger partial charge in [-0.3, -0.25) is 0 Å². The van der Waals surface area contributed by atoms with Gasteiger partial charge in [-0.25, -0.2) is 14.5 Å². The van der Waals surface area contributed by atoms with Crippen LogP contribution in [0.25, 0.3) is 22.9 Å². The molecule has 4 heteroatoms. The molecule has 0 unspecified atom stereocenters. The number of fused-ring (bicyclic) bond motifs is 1. The number of hydrogen-bond acceptors (Lipinski definition) is 3. The summed E-state index contributed by atoms with van der Waals surface area (Å²) in [7, 11) is 2.07. The van der Waals surface area contributed by atoms with E-state index < -0.39 is 0 Å². The zero-order valence-electron chi connectivity index (χ0n) is 15.0. The zero-order chi connectivity index (χ0) is 17.6. The summed E-state index contributed by atoms with van der Waals surface area (Å²) in [6, 6.07) is 6.48.